The van der Waals surface area contributed by atoms with E-state index < -0.39 is 12.8 Å². The van der Waals surface area contributed by atoms with Crippen molar-refractivity contribution in [3.63, 3.8) is 0 Å². The molecule has 212 valence electrons. The predicted octanol–water partition coefficient (Wildman–Crippen LogP) is 4.99. The molecule has 4 aromatic rings. The number of aromatic nitrogens is 3. The molecule has 2 N–H and O–H groups in total. The largest absolute Gasteiger partial charge is 0.461 e. The van der Waals surface area contributed by atoms with Crippen molar-refractivity contribution in [1.82, 2.24) is 19.4 Å². The summed E-state index contributed by atoms with van der Waals surface area (Å²) < 4.78 is 20.7. The number of hydrogen-bond acceptors (Lipinski definition) is 8. The van der Waals surface area contributed by atoms with E-state index in [4.69, 9.17) is 4.74 Å². The molecule has 10 nitrogen and oxygen atoms in total. The Hall–Kier alpha value is -4.95. The number of amides is 1. The van der Waals surface area contributed by atoms with Gasteiger partial charge in [-0.05, 0) is 56.9 Å². The lowest BCUT2D eigenvalue weighted by atomic mass is 10.0. The molecule has 0 unspecified atom stereocenters. The summed E-state index contributed by atoms with van der Waals surface area (Å²) in [6.45, 7) is 5.89. The molecule has 2 heterocycles. The number of nitrogens with one attached hydrogen (secondary N) is 2. The molecule has 2 aromatic carbocycles. The van der Waals surface area contributed by atoms with E-state index in [2.05, 4.69) is 33.2 Å². The van der Waals surface area contributed by atoms with Gasteiger partial charge in [-0.25, -0.2) is 14.4 Å². The quantitative estimate of drug-likeness (QED) is 0.249. The van der Waals surface area contributed by atoms with Gasteiger partial charge in [0.1, 0.15) is 11.8 Å². The minimum absolute atomic E-state index is 0.220. The van der Waals surface area contributed by atoms with Crippen LogP contribution in [0.5, 0.6) is 5.75 Å². The number of aryl methyl sites for hydroxylation is 2. The summed E-state index contributed by atoms with van der Waals surface area (Å²) in [6.07, 6.45) is 4.76. The van der Waals surface area contributed by atoms with Crippen molar-refractivity contribution in [1.29, 1.82) is 5.26 Å². The number of carbonyl (C=O) groups is 1. The molecule has 11 heteroatoms. The van der Waals surface area contributed by atoms with E-state index in [9.17, 15) is 14.4 Å². The first-order valence-corrected chi connectivity index (χ1v) is 12.9. The van der Waals surface area contributed by atoms with Gasteiger partial charge in [0.2, 0.25) is 18.7 Å². The van der Waals surface area contributed by atoms with Crippen LogP contribution in [0, 0.1) is 18.3 Å². The van der Waals surface area contributed by atoms with Crippen LogP contribution in [0.4, 0.5) is 27.4 Å². The second-order valence-electron chi connectivity index (χ2n) is 9.88. The fraction of sp³-hybridized carbons (Fsp3) is 0.267. The normalized spacial score (nSPS) is 10.9. The van der Waals surface area contributed by atoms with Gasteiger partial charge in [0.15, 0.2) is 0 Å². The van der Waals surface area contributed by atoms with Gasteiger partial charge in [0, 0.05) is 56.6 Å². The van der Waals surface area contributed by atoms with Gasteiger partial charge in [0.25, 0.3) is 0 Å². The molecule has 0 aliphatic rings. The highest BCUT2D eigenvalue weighted by molar-refractivity contribution is 6.02. The van der Waals surface area contributed by atoms with Gasteiger partial charge in [-0.15, -0.1) is 0 Å². The Morgan fingerprint density at radius 1 is 1.22 bits per heavy atom. The zero-order valence-corrected chi connectivity index (χ0v) is 23.8. The maximum atomic E-state index is 13.5. The lowest BCUT2D eigenvalue weighted by Gasteiger charge is -2.26. The molecule has 41 heavy (non-hydrogen) atoms. The summed E-state index contributed by atoms with van der Waals surface area (Å²) in [6, 6.07) is 11.1. The standard InChI is InChI=1S/C30H33FN8O2/c1-7-28(40)34-24-14-25(27(41-18-31)15-26(24)38(5)11-10-37(3)4)36-30-33-9-8-23(35-30)20-12-21(16-32)29-22(13-20)19(2)17-39(29)6/h7-9,12-15,17H,1,10-11,18H2,2-6H3,(H,34,40)(H,33,35,36). The molecule has 0 radical (unpaired) electrons. The zero-order valence-electron chi connectivity index (χ0n) is 23.8. The molecule has 0 saturated carbocycles. The molecule has 0 saturated heterocycles. The molecule has 0 atom stereocenters. The van der Waals surface area contributed by atoms with Crippen LogP contribution in [0.1, 0.15) is 11.1 Å². The van der Waals surface area contributed by atoms with E-state index >= 15 is 0 Å². The summed E-state index contributed by atoms with van der Waals surface area (Å²) in [5.41, 5.74) is 5.27. The van der Waals surface area contributed by atoms with Gasteiger partial charge in [-0.1, -0.05) is 6.58 Å². The van der Waals surface area contributed by atoms with Gasteiger partial charge < -0.3 is 29.7 Å². The summed E-state index contributed by atoms with van der Waals surface area (Å²) in [5, 5.41) is 16.7. The molecule has 2 aromatic heterocycles. The first-order chi connectivity index (χ1) is 19.6. The molecule has 0 aliphatic heterocycles. The van der Waals surface area contributed by atoms with Gasteiger partial charge in [-0.3, -0.25) is 4.79 Å². The lowest BCUT2D eigenvalue weighted by Crippen LogP contribution is -2.29. The number of nitriles is 1. The van der Waals surface area contributed by atoms with Crippen molar-refractivity contribution >= 4 is 39.8 Å². The van der Waals surface area contributed by atoms with Gasteiger partial charge in [-0.2, -0.15) is 5.26 Å². The van der Waals surface area contributed by atoms with E-state index in [0.29, 0.717) is 34.9 Å². The van der Waals surface area contributed by atoms with Crippen molar-refractivity contribution in [3.8, 4) is 23.1 Å². The van der Waals surface area contributed by atoms with Gasteiger partial charge >= 0.3 is 0 Å². The Balaban J connectivity index is 1.75. The number of fused-ring (bicyclic) bond motifs is 1. The summed E-state index contributed by atoms with van der Waals surface area (Å²) >= 11 is 0. The highest BCUT2D eigenvalue weighted by Crippen LogP contribution is 2.38. The average molecular weight is 557 g/mol. The average Bonchev–Trinajstić information content (AvgIpc) is 3.25. The SMILES string of the molecule is C=CC(=O)Nc1cc(Nc2nccc(-c3cc(C#N)c4c(c3)c(C)cn4C)n2)c(OCF)cc1N(C)CCN(C)C. The predicted molar refractivity (Wildman–Crippen MR) is 160 cm³/mol. The van der Waals surface area contributed by atoms with Crippen molar-refractivity contribution in [2.45, 2.75) is 6.92 Å². The van der Waals surface area contributed by atoms with Crippen LogP contribution in [0.3, 0.4) is 0 Å². The van der Waals surface area contributed by atoms with E-state index in [1.165, 1.54) is 6.08 Å². The monoisotopic (exact) mass is 556 g/mol. The van der Waals surface area contributed by atoms with Crippen molar-refractivity contribution < 1.29 is 13.9 Å². The second-order valence-corrected chi connectivity index (χ2v) is 9.88. The topological polar surface area (TPSA) is 111 Å². The van der Waals surface area contributed by atoms with Crippen molar-refractivity contribution in [3.05, 3.63) is 66.5 Å². The van der Waals surface area contributed by atoms with E-state index in [0.717, 1.165) is 28.6 Å². The Morgan fingerprint density at radius 2 is 2.00 bits per heavy atom. The number of rotatable bonds is 11. The fourth-order valence-corrected chi connectivity index (χ4v) is 4.59. The minimum Gasteiger partial charge on any atom is -0.461 e. The van der Waals surface area contributed by atoms with E-state index in [1.54, 1.807) is 30.5 Å². The van der Waals surface area contributed by atoms with E-state index in [1.807, 2.05) is 61.7 Å². The zero-order chi connectivity index (χ0) is 29.7. The van der Waals surface area contributed by atoms with Crippen LogP contribution in [0.25, 0.3) is 22.2 Å². The number of ether oxygens (including phenoxy) is 1. The van der Waals surface area contributed by atoms with Crippen LogP contribution < -0.4 is 20.3 Å². The van der Waals surface area contributed by atoms with Crippen LogP contribution >= 0.6 is 0 Å². The summed E-state index contributed by atoms with van der Waals surface area (Å²) in [4.78, 5) is 25.2. The first-order valence-electron chi connectivity index (χ1n) is 12.9. The number of anilines is 4. The number of benzene rings is 2. The Labute approximate surface area is 238 Å². The Morgan fingerprint density at radius 3 is 2.68 bits per heavy atom. The number of halogens is 1. The third-order valence-electron chi connectivity index (χ3n) is 6.64. The lowest BCUT2D eigenvalue weighted by molar-refractivity contribution is -0.111. The van der Waals surface area contributed by atoms with Crippen LogP contribution in [0.15, 0.2) is 55.4 Å². The molecular weight excluding hydrogens is 523 g/mol. The smallest absolute Gasteiger partial charge is 0.247 e. The molecular formula is C30H33FN8O2. The molecule has 0 aliphatic carbocycles. The molecule has 1 amide bonds. The number of nitrogens with zero attached hydrogens (tertiary/aromatic N) is 6. The number of alkyl halides is 1. The summed E-state index contributed by atoms with van der Waals surface area (Å²) in [7, 11) is 7.72. The Kier molecular flexibility index (Phi) is 8.84. The van der Waals surface area contributed by atoms with E-state index in [-0.39, 0.29) is 11.7 Å². The van der Waals surface area contributed by atoms with Crippen molar-refractivity contribution in [2.24, 2.45) is 7.05 Å². The minimum atomic E-state index is -1.05. The third kappa shape index (κ3) is 6.45. The molecule has 4 rings (SSSR count). The molecule has 0 fully saturated rings. The number of likely N-dealkylation sites (N-methyl/N-ethyl adjacent to an activating group) is 2. The second kappa shape index (κ2) is 12.5. The van der Waals surface area contributed by atoms with Crippen LogP contribution in [0.2, 0.25) is 0 Å². The molecule has 0 spiro atoms. The Bertz CT molecular complexity index is 1640. The maximum Gasteiger partial charge on any atom is 0.247 e. The fourth-order valence-electron chi connectivity index (χ4n) is 4.59. The van der Waals surface area contributed by atoms with Crippen LogP contribution in [-0.2, 0) is 11.8 Å². The van der Waals surface area contributed by atoms with Crippen LogP contribution in [-0.4, -0.2) is 66.4 Å². The molecule has 0 bridgehead atoms. The van der Waals surface area contributed by atoms with Gasteiger partial charge in [0.05, 0.1) is 33.8 Å². The number of hydrogen-bond donors (Lipinski definition) is 2. The first kappa shape index (κ1) is 29.0. The maximum absolute atomic E-state index is 13.5. The highest BCUT2D eigenvalue weighted by Gasteiger charge is 2.18. The van der Waals surface area contributed by atoms with Crippen molar-refractivity contribution in [2.75, 3.05) is 56.6 Å². The number of carbonyl (C=O) groups excluding carboxylic acids is 1. The summed E-state index contributed by atoms with van der Waals surface area (Å²) in [5.74, 6) is 0.0534. The highest BCUT2D eigenvalue weighted by atomic mass is 19.1. The third-order valence-corrected chi connectivity index (χ3v) is 6.64.